The molecule has 0 atom stereocenters. The number of benzene rings is 1. The van der Waals surface area contributed by atoms with E-state index in [0.29, 0.717) is 31.2 Å². The van der Waals surface area contributed by atoms with E-state index < -0.39 is 5.91 Å². The number of hydrogen-bond acceptors (Lipinski definition) is 5. The van der Waals surface area contributed by atoms with Gasteiger partial charge in [0.15, 0.2) is 5.57 Å². The summed E-state index contributed by atoms with van der Waals surface area (Å²) < 4.78 is 4.76. The van der Waals surface area contributed by atoms with Gasteiger partial charge in [-0.25, -0.2) is 0 Å². The van der Waals surface area contributed by atoms with Crippen LogP contribution in [0.4, 0.5) is 5.69 Å². The van der Waals surface area contributed by atoms with Crippen LogP contribution in [0.3, 0.4) is 0 Å². The van der Waals surface area contributed by atoms with Crippen LogP contribution in [-0.4, -0.2) is 30.6 Å². The van der Waals surface area contributed by atoms with Crippen molar-refractivity contribution in [3.8, 4) is 6.07 Å². The number of ether oxygens (including phenoxy) is 1. The number of carbonyl (C=O) groups excluding carboxylic acids is 2. The Kier molecular flexibility index (Phi) is 5.80. The van der Waals surface area contributed by atoms with E-state index in [1.54, 1.807) is 6.07 Å². The minimum atomic E-state index is -0.447. The summed E-state index contributed by atoms with van der Waals surface area (Å²) in [5.41, 5.74) is 1.80. The summed E-state index contributed by atoms with van der Waals surface area (Å²) in [5.74, 6) is 0.161. The van der Waals surface area contributed by atoms with Crippen LogP contribution in [0.1, 0.15) is 50.0 Å². The zero-order valence-corrected chi connectivity index (χ0v) is 15.5. The van der Waals surface area contributed by atoms with Crippen molar-refractivity contribution >= 4 is 17.6 Å². The normalized spacial score (nSPS) is 23.1. The maximum Gasteiger partial charge on any atom is 0.305 e. The molecule has 2 aliphatic rings. The van der Waals surface area contributed by atoms with Crippen molar-refractivity contribution in [2.75, 3.05) is 18.6 Å². The lowest BCUT2D eigenvalue weighted by atomic mass is 9.77. The molecule has 1 amide bonds. The first-order valence-electron chi connectivity index (χ1n) is 9.34. The number of methoxy groups -OCH3 is 1. The van der Waals surface area contributed by atoms with Crippen molar-refractivity contribution in [1.29, 1.82) is 5.26 Å². The molecule has 6 heteroatoms. The molecule has 3 rings (SSSR count). The molecule has 1 fully saturated rings. The molecule has 1 N–H and O–H groups in total. The fourth-order valence-corrected chi connectivity index (χ4v) is 4.01. The van der Waals surface area contributed by atoms with E-state index in [2.05, 4.69) is 0 Å². The summed E-state index contributed by atoms with van der Waals surface area (Å²) in [6, 6.07) is 9.69. The summed E-state index contributed by atoms with van der Waals surface area (Å²) in [7, 11) is 1.43. The quantitative estimate of drug-likeness (QED) is 0.820. The third kappa shape index (κ3) is 4.13. The van der Waals surface area contributed by atoms with Crippen LogP contribution >= 0.6 is 0 Å². The van der Waals surface area contributed by atoms with Gasteiger partial charge in [0.2, 0.25) is 0 Å². The van der Waals surface area contributed by atoms with Crippen LogP contribution in [0.25, 0.3) is 0 Å². The van der Waals surface area contributed by atoms with Crippen LogP contribution in [0, 0.1) is 17.2 Å². The minimum Gasteiger partial charge on any atom is -0.511 e. The lowest BCUT2D eigenvalue weighted by Gasteiger charge is -2.29. The third-order valence-corrected chi connectivity index (χ3v) is 5.64. The van der Waals surface area contributed by atoms with Gasteiger partial charge in [0.25, 0.3) is 5.91 Å². The zero-order valence-electron chi connectivity index (χ0n) is 15.5. The Morgan fingerprint density at radius 3 is 2.52 bits per heavy atom. The molecule has 27 heavy (non-hydrogen) atoms. The first-order valence-corrected chi connectivity index (χ1v) is 9.34. The zero-order chi connectivity index (χ0) is 19.4. The highest BCUT2D eigenvalue weighted by Crippen LogP contribution is 2.38. The van der Waals surface area contributed by atoms with E-state index in [9.17, 15) is 14.7 Å². The first-order chi connectivity index (χ1) is 13.0. The van der Waals surface area contributed by atoms with Gasteiger partial charge in [-0.05, 0) is 55.2 Å². The second-order valence-electron chi connectivity index (χ2n) is 7.23. The second kappa shape index (κ2) is 8.26. The first kappa shape index (κ1) is 19.0. The van der Waals surface area contributed by atoms with E-state index in [4.69, 9.17) is 10.00 Å². The van der Waals surface area contributed by atoms with Gasteiger partial charge in [0.05, 0.1) is 7.11 Å². The Morgan fingerprint density at radius 1 is 1.26 bits per heavy atom. The van der Waals surface area contributed by atoms with Crippen molar-refractivity contribution in [2.45, 2.75) is 44.4 Å². The molecule has 6 nitrogen and oxygen atoms in total. The number of amides is 1. The standard InChI is InChI=1S/C21H24N2O4/c1-27-20(25)12-14-2-4-15(5-3-14)16-6-8-17(9-7-16)23-11-10-19(24)18(13-22)21(23)26/h6-9,14-15,24H,2-5,10-12H2,1H3. The van der Waals surface area contributed by atoms with Gasteiger partial charge in [-0.15, -0.1) is 0 Å². The molecule has 0 bridgehead atoms. The molecule has 142 valence electrons. The average molecular weight is 368 g/mol. The number of anilines is 1. The number of carbonyl (C=O) groups is 2. The van der Waals surface area contributed by atoms with Gasteiger partial charge in [-0.2, -0.15) is 5.26 Å². The molecule has 1 aromatic carbocycles. The van der Waals surface area contributed by atoms with Crippen molar-refractivity contribution in [3.05, 3.63) is 41.2 Å². The smallest absolute Gasteiger partial charge is 0.305 e. The van der Waals surface area contributed by atoms with E-state index in [0.717, 1.165) is 31.4 Å². The average Bonchev–Trinajstić information content (AvgIpc) is 2.69. The number of rotatable bonds is 4. The largest absolute Gasteiger partial charge is 0.511 e. The van der Waals surface area contributed by atoms with E-state index >= 15 is 0 Å². The van der Waals surface area contributed by atoms with Crippen molar-refractivity contribution in [2.24, 2.45) is 5.92 Å². The van der Waals surface area contributed by atoms with Crippen molar-refractivity contribution < 1.29 is 19.4 Å². The Hall–Kier alpha value is -2.81. The Morgan fingerprint density at radius 2 is 1.93 bits per heavy atom. The molecule has 1 aliphatic heterocycles. The summed E-state index contributed by atoms with van der Waals surface area (Å²) in [6.07, 6.45) is 4.91. The number of nitriles is 1. The SMILES string of the molecule is COC(=O)CC1CCC(c2ccc(N3CCC(O)=C(C#N)C3=O)cc2)CC1. The van der Waals surface area contributed by atoms with E-state index in [1.165, 1.54) is 17.6 Å². The van der Waals surface area contributed by atoms with Crippen LogP contribution < -0.4 is 4.90 Å². The molecule has 1 saturated carbocycles. The number of aliphatic hydroxyl groups excluding tert-OH is 1. The molecule has 1 heterocycles. The predicted molar refractivity (Wildman–Crippen MR) is 100 cm³/mol. The highest BCUT2D eigenvalue weighted by Gasteiger charge is 2.29. The van der Waals surface area contributed by atoms with Gasteiger partial charge in [-0.1, -0.05) is 12.1 Å². The Labute approximate surface area is 159 Å². The van der Waals surface area contributed by atoms with Crippen molar-refractivity contribution in [1.82, 2.24) is 0 Å². The van der Waals surface area contributed by atoms with E-state index in [1.807, 2.05) is 24.3 Å². The molecule has 0 spiro atoms. The summed E-state index contributed by atoms with van der Waals surface area (Å²) in [4.78, 5) is 25.3. The molecule has 0 aromatic heterocycles. The lowest BCUT2D eigenvalue weighted by molar-refractivity contribution is -0.142. The highest BCUT2D eigenvalue weighted by atomic mass is 16.5. The lowest BCUT2D eigenvalue weighted by Crippen LogP contribution is -2.37. The molecule has 0 unspecified atom stereocenters. The van der Waals surface area contributed by atoms with Crippen LogP contribution in [0.5, 0.6) is 0 Å². The monoisotopic (exact) mass is 368 g/mol. The summed E-state index contributed by atoms with van der Waals surface area (Å²) >= 11 is 0. The molecule has 0 radical (unpaired) electrons. The Bertz CT molecular complexity index is 783. The van der Waals surface area contributed by atoms with Crippen LogP contribution in [-0.2, 0) is 14.3 Å². The second-order valence-corrected chi connectivity index (χ2v) is 7.23. The molecular formula is C21H24N2O4. The maximum atomic E-state index is 12.4. The number of hydrogen-bond donors (Lipinski definition) is 1. The highest BCUT2D eigenvalue weighted by molar-refractivity contribution is 6.09. The van der Waals surface area contributed by atoms with Gasteiger partial charge in [-0.3, -0.25) is 9.59 Å². The summed E-state index contributed by atoms with van der Waals surface area (Å²) in [5, 5.41) is 18.7. The molecule has 0 saturated heterocycles. The van der Waals surface area contributed by atoms with Gasteiger partial charge in [0.1, 0.15) is 11.8 Å². The fraction of sp³-hybridized carbons (Fsp3) is 0.476. The summed E-state index contributed by atoms with van der Waals surface area (Å²) in [6.45, 7) is 0.369. The van der Waals surface area contributed by atoms with Crippen molar-refractivity contribution in [3.63, 3.8) is 0 Å². The third-order valence-electron chi connectivity index (χ3n) is 5.64. The van der Waals surface area contributed by atoms with Gasteiger partial charge < -0.3 is 14.7 Å². The van der Waals surface area contributed by atoms with Gasteiger partial charge >= 0.3 is 5.97 Å². The number of aliphatic hydroxyl groups is 1. The molecular weight excluding hydrogens is 344 g/mol. The predicted octanol–water partition coefficient (Wildman–Crippen LogP) is 3.60. The minimum absolute atomic E-state index is 0.126. The topological polar surface area (TPSA) is 90.6 Å². The van der Waals surface area contributed by atoms with Crippen LogP contribution in [0.15, 0.2) is 35.6 Å². The maximum absolute atomic E-state index is 12.4. The van der Waals surface area contributed by atoms with Gasteiger partial charge in [0, 0.05) is 25.1 Å². The number of nitrogens with zero attached hydrogens (tertiary/aromatic N) is 2. The molecule has 1 aromatic rings. The number of esters is 1. The van der Waals surface area contributed by atoms with Crippen LogP contribution in [0.2, 0.25) is 0 Å². The fourth-order valence-electron chi connectivity index (χ4n) is 4.01. The molecule has 1 aliphatic carbocycles. The van der Waals surface area contributed by atoms with E-state index in [-0.39, 0.29) is 17.3 Å². The Balaban J connectivity index is 1.63.